The molecule has 8 heterocycles. The number of hydrogen-bond donors (Lipinski definition) is 9. The number of fused-ring (bicyclic) bond motifs is 14. The zero-order valence-electron chi connectivity index (χ0n) is 45.3. The number of methoxy groups -OCH3 is 1. The number of thiazole rings is 6. The molecule has 0 unspecified atom stereocenters. The fraction of sp³-hybridized carbons (Fsp3) is 0.308. The van der Waals surface area contributed by atoms with E-state index in [0.717, 1.165) is 61.7 Å². The van der Waals surface area contributed by atoms with Gasteiger partial charge in [-0.3, -0.25) is 39.1 Å². The second-order valence-electron chi connectivity index (χ2n) is 18.7. The number of nitrogens with zero attached hydrogens (tertiary/aromatic N) is 8. The van der Waals surface area contributed by atoms with Crippen molar-refractivity contribution in [2.75, 3.05) is 45.7 Å². The highest BCUT2D eigenvalue weighted by molar-refractivity contribution is 7.15. The predicted octanol–water partition coefficient (Wildman–Crippen LogP) is 5.52. The van der Waals surface area contributed by atoms with Crippen LogP contribution in [-0.4, -0.2) is 127 Å². The molecule has 8 aromatic rings. The standard InChI is InChI=1S/C52H54N16O10S6/c1-23(2)37-50-67-40(32(84-50)17-77-5)44(74)57-16-36(71)68(54)41(42(72)25-9-7-6-8-10-25)51-62-31(21-81-51)48-60-29(19-80-48)39-26(11-12-27(58-39)47-63-33(22-82-47)64-52(76)78-18-35(70)56-14-13-53)46-61-30(20-79-46)43(73)59-28(15-34(69)55-4)49-66-38(24(3)83-49)45(75)65-37/h6-12,19-23,28,37,41-42,72H,13-18,53-54H2,1-5H3,(H,55,69)(H,56,70)(H,57,74)(H,59,73)(H,64,76)(H,65,75)/t28-,37-,41-,42-/m0/s1. The number of hydrogen-bond acceptors (Lipinski definition) is 25. The molecular formula is C52H54N16O10S6. The fourth-order valence-corrected chi connectivity index (χ4v) is 13.9. The van der Waals surface area contributed by atoms with Crippen molar-refractivity contribution >= 4 is 115 Å². The van der Waals surface area contributed by atoms with Gasteiger partial charge in [-0.15, -0.1) is 68.0 Å². The van der Waals surface area contributed by atoms with Crippen molar-refractivity contribution in [1.82, 2.24) is 66.5 Å². The quantitative estimate of drug-likeness (QED) is 0.0506. The lowest BCUT2D eigenvalue weighted by molar-refractivity contribution is -0.136. The maximum atomic E-state index is 14.3. The van der Waals surface area contributed by atoms with E-state index >= 15 is 0 Å². The average Bonchev–Trinajstić information content (AvgIpc) is 3.15. The van der Waals surface area contributed by atoms with E-state index in [1.165, 1.54) is 25.5 Å². The van der Waals surface area contributed by atoms with Gasteiger partial charge in [-0.05, 0) is 30.5 Å². The number of nitrogens with two attached hydrogens (primary N) is 2. The number of amides is 7. The first-order valence-electron chi connectivity index (χ1n) is 25.5. The molecule has 0 saturated carbocycles. The number of ether oxygens (including phenoxy) is 2. The van der Waals surface area contributed by atoms with E-state index in [4.69, 9.17) is 41.0 Å². The Labute approximate surface area is 502 Å². The first kappa shape index (κ1) is 60.7. The summed E-state index contributed by atoms with van der Waals surface area (Å²) in [6.07, 6.45) is -2.55. The zero-order valence-corrected chi connectivity index (χ0v) is 50.2. The molecule has 0 spiro atoms. The van der Waals surface area contributed by atoms with Crippen molar-refractivity contribution in [2.45, 2.75) is 58.0 Å². The number of rotatable bonds is 13. The Balaban J connectivity index is 1.12. The number of nitrogens with one attached hydrogen (secondary N) is 6. The highest BCUT2D eigenvalue weighted by atomic mass is 32.1. The van der Waals surface area contributed by atoms with Gasteiger partial charge in [0.25, 0.3) is 29.5 Å². The number of aliphatic hydroxyl groups is 1. The van der Waals surface area contributed by atoms with Crippen LogP contribution in [0.1, 0.15) is 106 Å². The lowest BCUT2D eigenvalue weighted by Gasteiger charge is -2.30. The third-order valence-electron chi connectivity index (χ3n) is 12.5. The minimum absolute atomic E-state index is 0.000664. The topological polar surface area (TPSA) is 376 Å². The summed E-state index contributed by atoms with van der Waals surface area (Å²) in [4.78, 5) is 129. The first-order valence-corrected chi connectivity index (χ1v) is 30.7. The molecule has 84 heavy (non-hydrogen) atoms. The molecule has 438 valence electrons. The van der Waals surface area contributed by atoms with Crippen molar-refractivity contribution in [3.63, 3.8) is 0 Å². The van der Waals surface area contributed by atoms with Crippen LogP contribution in [0.3, 0.4) is 0 Å². The molecule has 0 radical (unpaired) electrons. The normalized spacial score (nSPS) is 16.3. The lowest BCUT2D eigenvalue weighted by Crippen LogP contribution is -2.47. The molecule has 10 bridgehead atoms. The number of carbonyl (C=O) groups is 7. The van der Waals surface area contributed by atoms with Gasteiger partial charge in [0, 0.05) is 59.2 Å². The van der Waals surface area contributed by atoms with E-state index < -0.39 is 78.9 Å². The van der Waals surface area contributed by atoms with Crippen molar-refractivity contribution < 1.29 is 48.1 Å². The third kappa shape index (κ3) is 14.0. The Hall–Kier alpha value is -7.92. The summed E-state index contributed by atoms with van der Waals surface area (Å²) in [5.74, 6) is 2.84. The number of hydrazine groups is 1. The maximum absolute atomic E-state index is 14.3. The van der Waals surface area contributed by atoms with Gasteiger partial charge in [-0.1, -0.05) is 44.2 Å². The van der Waals surface area contributed by atoms with E-state index in [2.05, 4.69) is 46.9 Å². The van der Waals surface area contributed by atoms with Crippen LogP contribution in [-0.2, 0) is 30.5 Å². The Morgan fingerprint density at radius 2 is 1.48 bits per heavy atom. The number of aliphatic hydroxyl groups excluding tert-OH is 1. The summed E-state index contributed by atoms with van der Waals surface area (Å²) < 4.78 is 10.5. The van der Waals surface area contributed by atoms with Crippen molar-refractivity contribution in [1.29, 1.82) is 0 Å². The van der Waals surface area contributed by atoms with Crippen LogP contribution in [0, 0.1) is 12.8 Å². The average molecular weight is 1260 g/mol. The zero-order chi connectivity index (χ0) is 59.8. The van der Waals surface area contributed by atoms with E-state index in [0.29, 0.717) is 63.7 Å². The summed E-state index contributed by atoms with van der Waals surface area (Å²) in [5.41, 5.74) is 7.71. The second-order valence-corrected chi connectivity index (χ2v) is 24.5. The smallest absolute Gasteiger partial charge is 0.413 e. The predicted molar refractivity (Wildman–Crippen MR) is 317 cm³/mol. The SMILES string of the molecule is CNC(=O)C[C@@H]1NC(=O)c2csc(n2)-c2ccc(-c3nc(NC(=O)OCC(=O)NCCN)cs3)nc2-c2csc(n2)-c2csc(n2)[C@H]([C@@H](O)c2ccccc2)N(N)C(=O)CNC(=O)c2nc(sc2COC)[C@H](C(C)C)NC(=O)c2nc1sc2C. The number of pyridine rings is 1. The molecule has 0 fully saturated rings. The number of benzene rings is 1. The summed E-state index contributed by atoms with van der Waals surface area (Å²) in [6.45, 7) is 4.67. The molecule has 32 heteroatoms. The summed E-state index contributed by atoms with van der Waals surface area (Å²) in [5, 5.41) is 37.6. The Morgan fingerprint density at radius 1 is 0.762 bits per heavy atom. The minimum atomic E-state index is -1.40. The molecule has 7 amide bonds. The molecule has 7 aromatic heterocycles. The van der Waals surface area contributed by atoms with Gasteiger partial charge in [0.15, 0.2) is 6.61 Å². The van der Waals surface area contributed by atoms with Gasteiger partial charge in [0.1, 0.15) is 82.2 Å². The first-order chi connectivity index (χ1) is 40.4. The largest absolute Gasteiger partial charge is 0.439 e. The number of aryl methyl sites for hydroxylation is 1. The van der Waals surface area contributed by atoms with Crippen LogP contribution < -0.4 is 43.5 Å². The van der Waals surface area contributed by atoms with Gasteiger partial charge in [0.05, 0.1) is 42.2 Å². The third-order valence-corrected chi connectivity index (χ3v) is 18.2. The van der Waals surface area contributed by atoms with Crippen molar-refractivity contribution in [3.05, 3.63) is 111 Å². The number of anilines is 1. The van der Waals surface area contributed by atoms with Gasteiger partial charge in [-0.2, -0.15) is 0 Å². The molecule has 9 rings (SSSR count). The Bertz CT molecular complexity index is 3730. The molecule has 4 atom stereocenters. The van der Waals surface area contributed by atoms with Gasteiger partial charge in [-0.25, -0.2) is 45.5 Å². The lowest BCUT2D eigenvalue weighted by atomic mass is 10.0. The monoisotopic (exact) mass is 1250 g/mol. The number of carbonyl (C=O) groups excluding carboxylic acids is 7. The summed E-state index contributed by atoms with van der Waals surface area (Å²) in [7, 11) is 2.91. The summed E-state index contributed by atoms with van der Waals surface area (Å²) >= 11 is 6.92. The van der Waals surface area contributed by atoms with Crippen LogP contribution in [0.25, 0.3) is 43.4 Å². The van der Waals surface area contributed by atoms with Crippen LogP contribution in [0.5, 0.6) is 0 Å². The number of aromatic nitrogens is 7. The molecule has 1 aliphatic heterocycles. The van der Waals surface area contributed by atoms with Crippen LogP contribution in [0.15, 0.2) is 64.0 Å². The van der Waals surface area contributed by atoms with Crippen LogP contribution >= 0.6 is 68.0 Å². The van der Waals surface area contributed by atoms with Crippen LogP contribution in [0.2, 0.25) is 0 Å². The van der Waals surface area contributed by atoms with Crippen molar-refractivity contribution in [3.8, 4) is 43.4 Å². The van der Waals surface area contributed by atoms with Gasteiger partial charge in [0.2, 0.25) is 5.91 Å². The molecule has 11 N–H and O–H groups in total. The van der Waals surface area contributed by atoms with E-state index in [-0.39, 0.29) is 65.0 Å². The van der Waals surface area contributed by atoms with E-state index in [9.17, 15) is 38.7 Å². The van der Waals surface area contributed by atoms with E-state index in [1.807, 2.05) is 13.8 Å². The van der Waals surface area contributed by atoms with E-state index in [1.54, 1.807) is 70.9 Å². The summed E-state index contributed by atoms with van der Waals surface area (Å²) in [6, 6.07) is 8.98. The molecule has 0 saturated heterocycles. The fourth-order valence-electron chi connectivity index (χ4n) is 8.31. The molecule has 1 aliphatic rings. The second kappa shape index (κ2) is 27.2. The van der Waals surface area contributed by atoms with Crippen molar-refractivity contribution in [2.24, 2.45) is 17.5 Å². The highest BCUT2D eigenvalue weighted by Gasteiger charge is 2.35. The van der Waals surface area contributed by atoms with Crippen LogP contribution in [0.4, 0.5) is 10.6 Å². The van der Waals surface area contributed by atoms with Gasteiger partial charge < -0.3 is 46.9 Å². The molecular weight excluding hydrogens is 1200 g/mol. The van der Waals surface area contributed by atoms with Gasteiger partial charge >= 0.3 is 6.09 Å². The molecule has 0 aliphatic carbocycles. The highest BCUT2D eigenvalue weighted by Crippen LogP contribution is 2.41. The minimum Gasteiger partial charge on any atom is -0.439 e. The maximum Gasteiger partial charge on any atom is 0.413 e. The molecule has 26 nitrogen and oxygen atoms in total. The Kier molecular flexibility index (Phi) is 19.6. The Morgan fingerprint density at radius 3 is 2.23 bits per heavy atom. The molecule has 1 aromatic carbocycles.